The minimum Gasteiger partial charge on any atom is -0.478 e. The molecule has 0 aliphatic carbocycles. The summed E-state index contributed by atoms with van der Waals surface area (Å²) in [7, 11) is -4.15. The number of hydrogen-bond donors (Lipinski definition) is 4. The number of nitrogen functional groups attached to an aromatic ring is 1. The molecule has 1 heterocycles. The van der Waals surface area contributed by atoms with Crippen LogP contribution in [0.5, 0.6) is 0 Å². The minimum absolute atomic E-state index is 0.105. The molecule has 110 valence electrons. The molecule has 1 fully saturated rings. The molecule has 2 unspecified atom stereocenters. The highest BCUT2D eigenvalue weighted by atomic mass is 32.2. The molecular weight excluding hydrogens is 288 g/mol. The molecule has 1 saturated heterocycles. The number of aromatic carboxylic acids is 1. The fourth-order valence-electron chi connectivity index (χ4n) is 2.00. The average Bonchev–Trinajstić information content (AvgIpc) is 2.70. The number of sulfonamides is 1. The fraction of sp³-hybridized carbons (Fsp3) is 0.364. The van der Waals surface area contributed by atoms with Crippen molar-refractivity contribution in [2.24, 2.45) is 0 Å². The van der Waals surface area contributed by atoms with Crippen molar-refractivity contribution in [1.29, 1.82) is 0 Å². The number of nitrogens with zero attached hydrogens (tertiary/aromatic N) is 1. The van der Waals surface area contributed by atoms with Crippen LogP contribution in [0, 0.1) is 0 Å². The Bertz CT molecular complexity index is 634. The molecule has 0 saturated carbocycles. The van der Waals surface area contributed by atoms with E-state index in [1.54, 1.807) is 0 Å². The zero-order valence-corrected chi connectivity index (χ0v) is 11.1. The van der Waals surface area contributed by atoms with Gasteiger partial charge in [0.15, 0.2) is 0 Å². The van der Waals surface area contributed by atoms with E-state index in [2.05, 4.69) is 0 Å². The van der Waals surface area contributed by atoms with Gasteiger partial charge in [0.1, 0.15) is 0 Å². The van der Waals surface area contributed by atoms with E-state index in [0.29, 0.717) is 0 Å². The van der Waals surface area contributed by atoms with E-state index in [9.17, 15) is 23.4 Å². The van der Waals surface area contributed by atoms with Crippen molar-refractivity contribution in [3.8, 4) is 0 Å². The molecule has 2 atom stereocenters. The van der Waals surface area contributed by atoms with Crippen molar-refractivity contribution < 1.29 is 28.5 Å². The van der Waals surface area contributed by atoms with Gasteiger partial charge in [-0.15, -0.1) is 0 Å². The first kappa shape index (κ1) is 14.7. The zero-order chi connectivity index (χ0) is 15.1. The molecule has 0 aromatic heterocycles. The Morgan fingerprint density at radius 1 is 1.25 bits per heavy atom. The van der Waals surface area contributed by atoms with E-state index < -0.39 is 38.7 Å². The Labute approximate surface area is 115 Å². The van der Waals surface area contributed by atoms with E-state index in [1.165, 1.54) is 6.07 Å². The molecule has 2 rings (SSSR count). The maximum atomic E-state index is 12.4. The van der Waals surface area contributed by atoms with Gasteiger partial charge in [-0.25, -0.2) is 13.2 Å². The standard InChI is InChI=1S/C11H14N2O6S/c12-6-1-2-7(11(16)17)10(3-6)20(18,19)13-4-8(14)9(15)5-13/h1-3,8-9,14-15H,4-5,12H2,(H,16,17). The van der Waals surface area contributed by atoms with Crippen LogP contribution in [0.3, 0.4) is 0 Å². The molecule has 1 aliphatic heterocycles. The summed E-state index contributed by atoms with van der Waals surface area (Å²) in [5.74, 6) is -1.40. The van der Waals surface area contributed by atoms with Crippen LogP contribution < -0.4 is 5.73 Å². The van der Waals surface area contributed by atoms with Crippen LogP contribution in [-0.4, -0.2) is 59.3 Å². The summed E-state index contributed by atoms with van der Waals surface area (Å²) in [6, 6.07) is 3.44. The van der Waals surface area contributed by atoms with Crippen LogP contribution in [0.2, 0.25) is 0 Å². The Morgan fingerprint density at radius 3 is 2.30 bits per heavy atom. The molecule has 9 heteroatoms. The monoisotopic (exact) mass is 302 g/mol. The van der Waals surface area contributed by atoms with E-state index in [-0.39, 0.29) is 18.8 Å². The van der Waals surface area contributed by atoms with Crippen LogP contribution in [0.15, 0.2) is 23.1 Å². The number of aliphatic hydroxyl groups is 2. The molecule has 1 aromatic rings. The highest BCUT2D eigenvalue weighted by Crippen LogP contribution is 2.26. The van der Waals surface area contributed by atoms with Gasteiger partial charge in [-0.1, -0.05) is 0 Å². The summed E-state index contributed by atoms with van der Waals surface area (Å²) < 4.78 is 25.6. The summed E-state index contributed by atoms with van der Waals surface area (Å²) in [6.07, 6.45) is -2.39. The van der Waals surface area contributed by atoms with Gasteiger partial charge in [0.2, 0.25) is 10.0 Å². The lowest BCUT2D eigenvalue weighted by Gasteiger charge is -2.17. The fourth-order valence-corrected chi connectivity index (χ4v) is 3.69. The van der Waals surface area contributed by atoms with E-state index in [4.69, 9.17) is 10.8 Å². The van der Waals surface area contributed by atoms with Crippen molar-refractivity contribution in [2.75, 3.05) is 18.8 Å². The molecule has 0 spiro atoms. The van der Waals surface area contributed by atoms with Crippen molar-refractivity contribution >= 4 is 21.7 Å². The van der Waals surface area contributed by atoms with Gasteiger partial charge in [0.05, 0.1) is 22.7 Å². The molecule has 1 aromatic carbocycles. The van der Waals surface area contributed by atoms with E-state index >= 15 is 0 Å². The Morgan fingerprint density at radius 2 is 1.80 bits per heavy atom. The van der Waals surface area contributed by atoms with Crippen molar-refractivity contribution in [2.45, 2.75) is 17.1 Å². The maximum absolute atomic E-state index is 12.4. The molecular formula is C11H14N2O6S. The number of β-amino-alcohol motifs (C(OH)–C–C–N with tert-alkyl or cyclic N) is 2. The number of carboxylic acids is 1. The van der Waals surface area contributed by atoms with Gasteiger partial charge < -0.3 is 21.1 Å². The largest absolute Gasteiger partial charge is 0.478 e. The van der Waals surface area contributed by atoms with Crippen LogP contribution in [0.25, 0.3) is 0 Å². The normalized spacial score (nSPS) is 23.9. The Balaban J connectivity index is 2.50. The second-order valence-electron chi connectivity index (χ2n) is 4.52. The molecule has 5 N–H and O–H groups in total. The third-order valence-electron chi connectivity index (χ3n) is 3.08. The summed E-state index contributed by atoms with van der Waals surface area (Å²) in [5.41, 5.74) is 5.20. The molecule has 1 aliphatic rings. The topological polar surface area (TPSA) is 141 Å². The summed E-state index contributed by atoms with van der Waals surface area (Å²) >= 11 is 0. The Kier molecular flexibility index (Phi) is 3.69. The third-order valence-corrected chi connectivity index (χ3v) is 4.95. The molecule has 8 nitrogen and oxygen atoms in total. The zero-order valence-electron chi connectivity index (χ0n) is 10.3. The number of rotatable bonds is 3. The van der Waals surface area contributed by atoms with Gasteiger partial charge in [-0.3, -0.25) is 0 Å². The van der Waals surface area contributed by atoms with Gasteiger partial charge in [-0.05, 0) is 18.2 Å². The Hall–Kier alpha value is -1.68. The quantitative estimate of drug-likeness (QED) is 0.508. The highest BCUT2D eigenvalue weighted by Gasteiger charge is 2.39. The van der Waals surface area contributed by atoms with E-state index in [1.807, 2.05) is 0 Å². The van der Waals surface area contributed by atoms with E-state index in [0.717, 1.165) is 16.4 Å². The first-order chi connectivity index (χ1) is 9.23. The third kappa shape index (κ3) is 2.48. The van der Waals surface area contributed by atoms with Gasteiger partial charge in [-0.2, -0.15) is 4.31 Å². The van der Waals surface area contributed by atoms with Crippen LogP contribution in [0.4, 0.5) is 5.69 Å². The highest BCUT2D eigenvalue weighted by molar-refractivity contribution is 7.89. The first-order valence-corrected chi connectivity index (χ1v) is 7.16. The predicted molar refractivity (Wildman–Crippen MR) is 68.6 cm³/mol. The number of carbonyl (C=O) groups is 1. The summed E-state index contributed by atoms with van der Waals surface area (Å²) in [5, 5.41) is 27.9. The smallest absolute Gasteiger partial charge is 0.337 e. The molecule has 0 bridgehead atoms. The van der Waals surface area contributed by atoms with Gasteiger partial charge in [0.25, 0.3) is 0 Å². The number of aliphatic hydroxyl groups excluding tert-OH is 2. The molecule has 0 radical (unpaired) electrons. The summed E-state index contributed by atoms with van der Waals surface area (Å²) in [4.78, 5) is 10.6. The SMILES string of the molecule is Nc1ccc(C(=O)O)c(S(=O)(=O)N2CC(O)C(O)C2)c1. The lowest BCUT2D eigenvalue weighted by Crippen LogP contribution is -2.31. The van der Waals surface area contributed by atoms with Crippen LogP contribution >= 0.6 is 0 Å². The van der Waals surface area contributed by atoms with Crippen molar-refractivity contribution in [3.05, 3.63) is 23.8 Å². The van der Waals surface area contributed by atoms with Gasteiger partial charge in [0, 0.05) is 18.8 Å². The van der Waals surface area contributed by atoms with Gasteiger partial charge >= 0.3 is 5.97 Å². The minimum atomic E-state index is -4.15. The molecule has 0 amide bonds. The second kappa shape index (κ2) is 5.02. The number of benzene rings is 1. The number of hydrogen-bond acceptors (Lipinski definition) is 6. The second-order valence-corrected chi connectivity index (χ2v) is 6.42. The number of carboxylic acid groups (broad SMARTS) is 1. The summed E-state index contributed by atoms with van der Waals surface area (Å²) in [6.45, 7) is -0.589. The van der Waals surface area contributed by atoms with Crippen molar-refractivity contribution in [1.82, 2.24) is 4.31 Å². The average molecular weight is 302 g/mol. The van der Waals surface area contributed by atoms with Crippen LogP contribution in [-0.2, 0) is 10.0 Å². The number of anilines is 1. The van der Waals surface area contributed by atoms with Crippen molar-refractivity contribution in [3.63, 3.8) is 0 Å². The maximum Gasteiger partial charge on any atom is 0.337 e. The van der Waals surface area contributed by atoms with Crippen LogP contribution in [0.1, 0.15) is 10.4 Å². The molecule has 20 heavy (non-hydrogen) atoms. The first-order valence-electron chi connectivity index (χ1n) is 5.72. The number of nitrogens with two attached hydrogens (primary N) is 1. The lowest BCUT2D eigenvalue weighted by molar-refractivity contribution is 0.0572. The predicted octanol–water partition coefficient (Wildman–Crippen LogP) is -1.31. The lowest BCUT2D eigenvalue weighted by atomic mass is 10.2.